The number of nitrogens with one attached hydrogen (secondary N) is 2. The highest BCUT2D eigenvalue weighted by Crippen LogP contribution is 2.42. The third kappa shape index (κ3) is 5.19. The maximum Gasteiger partial charge on any atom is 0.254 e. The lowest BCUT2D eigenvalue weighted by Gasteiger charge is -2.49. The summed E-state index contributed by atoms with van der Waals surface area (Å²) in [6.07, 6.45) is 8.58. The van der Waals surface area contributed by atoms with Crippen LogP contribution in [0.25, 0.3) is 0 Å². The van der Waals surface area contributed by atoms with Crippen molar-refractivity contribution in [1.82, 2.24) is 10.6 Å². The van der Waals surface area contributed by atoms with E-state index in [1.165, 1.54) is 25.7 Å². The van der Waals surface area contributed by atoms with E-state index in [1.54, 1.807) is 0 Å². The number of amides is 1. The van der Waals surface area contributed by atoms with Crippen molar-refractivity contribution in [1.29, 1.82) is 0 Å². The fourth-order valence-electron chi connectivity index (χ4n) is 4.74. The molecule has 0 radical (unpaired) electrons. The van der Waals surface area contributed by atoms with Gasteiger partial charge in [0.15, 0.2) is 5.60 Å². The van der Waals surface area contributed by atoms with Gasteiger partial charge in [-0.1, -0.05) is 39.5 Å². The molecule has 2 rings (SSSR count). The van der Waals surface area contributed by atoms with Crippen LogP contribution < -0.4 is 10.6 Å². The molecule has 1 spiro atoms. The van der Waals surface area contributed by atoms with Gasteiger partial charge >= 0.3 is 0 Å². The number of carbonyl (C=O) groups excluding carboxylic acids is 1. The minimum absolute atomic E-state index is 0.0924. The van der Waals surface area contributed by atoms with Gasteiger partial charge in [0.2, 0.25) is 0 Å². The highest BCUT2D eigenvalue weighted by molar-refractivity contribution is 5.87. The second-order valence-corrected chi connectivity index (χ2v) is 9.71. The number of rotatable bonds is 7. The third-order valence-corrected chi connectivity index (χ3v) is 5.20. The Morgan fingerprint density at radius 3 is 2.21 bits per heavy atom. The van der Waals surface area contributed by atoms with Crippen molar-refractivity contribution in [3.05, 3.63) is 0 Å². The molecule has 140 valence electrons. The summed E-state index contributed by atoms with van der Waals surface area (Å²) in [5.41, 5.74) is -0.837. The summed E-state index contributed by atoms with van der Waals surface area (Å²) in [5, 5.41) is 6.74. The number of hydrogen-bond donors (Lipinski definition) is 2. The Morgan fingerprint density at radius 1 is 1.04 bits per heavy atom. The van der Waals surface area contributed by atoms with E-state index in [-0.39, 0.29) is 23.2 Å². The summed E-state index contributed by atoms with van der Waals surface area (Å²) in [6, 6.07) is 0. The van der Waals surface area contributed by atoms with E-state index in [1.807, 2.05) is 0 Å². The zero-order chi connectivity index (χ0) is 18.0. The molecule has 2 fully saturated rings. The molecule has 2 N–H and O–H groups in total. The Kier molecular flexibility index (Phi) is 6.02. The Hall–Kier alpha value is -0.610. The van der Waals surface area contributed by atoms with E-state index in [0.29, 0.717) is 0 Å². The van der Waals surface area contributed by atoms with Crippen molar-refractivity contribution in [3.8, 4) is 0 Å². The Morgan fingerprint density at radius 2 is 1.62 bits per heavy atom. The molecular formula is C20H38N2O2. The van der Waals surface area contributed by atoms with Crippen molar-refractivity contribution in [3.63, 3.8) is 0 Å². The van der Waals surface area contributed by atoms with Crippen LogP contribution in [0.4, 0.5) is 0 Å². The van der Waals surface area contributed by atoms with E-state index in [4.69, 9.17) is 4.74 Å². The van der Waals surface area contributed by atoms with Crippen LogP contribution >= 0.6 is 0 Å². The van der Waals surface area contributed by atoms with E-state index >= 15 is 0 Å². The second kappa shape index (κ2) is 7.33. The van der Waals surface area contributed by atoms with Gasteiger partial charge in [-0.2, -0.15) is 0 Å². The average Bonchev–Trinajstić information content (AvgIpc) is 2.65. The van der Waals surface area contributed by atoms with E-state index in [9.17, 15) is 4.79 Å². The minimum atomic E-state index is -0.652. The predicted octanol–water partition coefficient (Wildman–Crippen LogP) is 4.13. The first-order valence-electron chi connectivity index (χ1n) is 9.82. The first-order chi connectivity index (χ1) is 11.0. The van der Waals surface area contributed by atoms with Crippen LogP contribution in [0.5, 0.6) is 0 Å². The monoisotopic (exact) mass is 338 g/mol. The van der Waals surface area contributed by atoms with Gasteiger partial charge in [-0.15, -0.1) is 0 Å². The first kappa shape index (κ1) is 19.7. The van der Waals surface area contributed by atoms with Crippen LogP contribution in [-0.2, 0) is 9.53 Å². The van der Waals surface area contributed by atoms with Crippen LogP contribution in [0.15, 0.2) is 0 Å². The fraction of sp³-hybridized carbons (Fsp3) is 0.950. The zero-order valence-corrected chi connectivity index (χ0v) is 16.6. The van der Waals surface area contributed by atoms with Crippen molar-refractivity contribution < 1.29 is 9.53 Å². The van der Waals surface area contributed by atoms with Gasteiger partial charge in [-0.3, -0.25) is 4.79 Å². The molecule has 2 saturated heterocycles. The molecule has 1 amide bonds. The molecule has 0 aliphatic carbocycles. The average molecular weight is 339 g/mol. The smallest absolute Gasteiger partial charge is 0.254 e. The standard InChI is InChI=1S/C20H38N2O2/c1-15(2)11-9-7-8-10-12-16-21-17(23)20(24-16)13-18(3,4)22-19(5,6)14-20/h15-16,22H,7-14H2,1-6H3,(H,21,23). The summed E-state index contributed by atoms with van der Waals surface area (Å²) in [4.78, 5) is 12.7. The molecule has 0 saturated carbocycles. The van der Waals surface area contributed by atoms with Gasteiger partial charge in [-0.05, 0) is 46.5 Å². The zero-order valence-electron chi connectivity index (χ0n) is 16.6. The summed E-state index contributed by atoms with van der Waals surface area (Å²) >= 11 is 0. The SMILES string of the molecule is CC(C)CCCCCCC1NC(=O)C2(CC(C)(C)NC(C)(C)C2)O1. The molecule has 2 aliphatic heterocycles. The molecule has 0 aromatic carbocycles. The predicted molar refractivity (Wildman–Crippen MR) is 98.8 cm³/mol. The largest absolute Gasteiger partial charge is 0.342 e. The van der Waals surface area contributed by atoms with Crippen LogP contribution in [0.3, 0.4) is 0 Å². The molecule has 2 heterocycles. The molecule has 4 heteroatoms. The third-order valence-electron chi connectivity index (χ3n) is 5.20. The number of unbranched alkanes of at least 4 members (excludes halogenated alkanes) is 3. The lowest BCUT2D eigenvalue weighted by Crippen LogP contribution is -2.65. The molecule has 1 atom stereocenters. The maximum absolute atomic E-state index is 12.7. The highest BCUT2D eigenvalue weighted by atomic mass is 16.5. The lowest BCUT2D eigenvalue weighted by atomic mass is 9.72. The van der Waals surface area contributed by atoms with Gasteiger partial charge in [0, 0.05) is 23.9 Å². The van der Waals surface area contributed by atoms with Crippen LogP contribution in [0.2, 0.25) is 0 Å². The van der Waals surface area contributed by atoms with Gasteiger partial charge in [0.1, 0.15) is 6.23 Å². The summed E-state index contributed by atoms with van der Waals surface area (Å²) in [7, 11) is 0. The van der Waals surface area contributed by atoms with Crippen LogP contribution in [-0.4, -0.2) is 28.8 Å². The summed E-state index contributed by atoms with van der Waals surface area (Å²) < 4.78 is 6.32. The van der Waals surface area contributed by atoms with Crippen LogP contribution in [0.1, 0.15) is 92.9 Å². The van der Waals surface area contributed by atoms with Crippen molar-refractivity contribution >= 4 is 5.91 Å². The quantitative estimate of drug-likeness (QED) is 0.686. The van der Waals surface area contributed by atoms with E-state index in [2.05, 4.69) is 52.2 Å². The number of hydrogen-bond acceptors (Lipinski definition) is 3. The molecule has 24 heavy (non-hydrogen) atoms. The molecule has 1 unspecified atom stereocenters. The first-order valence-corrected chi connectivity index (χ1v) is 9.82. The molecule has 4 nitrogen and oxygen atoms in total. The molecule has 0 aromatic heterocycles. The van der Waals surface area contributed by atoms with Crippen molar-refractivity contribution in [2.45, 2.75) is 116 Å². The van der Waals surface area contributed by atoms with Crippen molar-refractivity contribution in [2.75, 3.05) is 0 Å². The Bertz CT molecular complexity index is 427. The maximum atomic E-state index is 12.7. The molecule has 0 aromatic rings. The van der Waals surface area contributed by atoms with Crippen molar-refractivity contribution in [2.24, 2.45) is 5.92 Å². The number of ether oxygens (including phenoxy) is 1. The van der Waals surface area contributed by atoms with Gasteiger partial charge in [0.25, 0.3) is 5.91 Å². The Labute approximate surface area is 148 Å². The number of piperidine rings is 1. The summed E-state index contributed by atoms with van der Waals surface area (Å²) in [5.74, 6) is 0.892. The van der Waals surface area contributed by atoms with E-state index in [0.717, 1.165) is 31.6 Å². The Balaban J connectivity index is 1.82. The van der Waals surface area contributed by atoms with Gasteiger partial charge < -0.3 is 15.4 Å². The lowest BCUT2D eigenvalue weighted by molar-refractivity contribution is -0.146. The number of carbonyl (C=O) groups is 1. The van der Waals surface area contributed by atoms with Gasteiger partial charge in [-0.25, -0.2) is 0 Å². The second-order valence-electron chi connectivity index (χ2n) is 9.71. The summed E-state index contributed by atoms with van der Waals surface area (Å²) in [6.45, 7) is 13.2. The highest BCUT2D eigenvalue weighted by Gasteiger charge is 2.56. The van der Waals surface area contributed by atoms with Gasteiger partial charge in [0.05, 0.1) is 0 Å². The normalized spacial score (nSPS) is 27.6. The van der Waals surface area contributed by atoms with E-state index < -0.39 is 5.60 Å². The van der Waals surface area contributed by atoms with Crippen LogP contribution in [0, 0.1) is 5.92 Å². The molecular weight excluding hydrogens is 300 g/mol. The minimum Gasteiger partial charge on any atom is -0.342 e. The fourth-order valence-corrected chi connectivity index (χ4v) is 4.74. The molecule has 2 aliphatic rings. The molecule has 0 bridgehead atoms. The topological polar surface area (TPSA) is 50.4 Å².